The van der Waals surface area contributed by atoms with Crippen molar-refractivity contribution in [2.75, 3.05) is 47.5 Å². The Balaban J connectivity index is 4.41. The number of nitrogens with zero attached hydrogens (tertiary/aromatic N) is 1. The van der Waals surface area contributed by atoms with Crippen LogP contribution in [0.5, 0.6) is 0 Å². The summed E-state index contributed by atoms with van der Waals surface area (Å²) in [5.41, 5.74) is 0. The van der Waals surface area contributed by atoms with E-state index in [-0.39, 0.29) is 32.0 Å². The number of likely N-dealkylation sites (N-methyl/N-ethyl adjacent to an activating group) is 1. The van der Waals surface area contributed by atoms with E-state index in [4.69, 9.17) is 18.5 Å². The minimum atomic E-state index is -4.62. The predicted molar refractivity (Wildman–Crippen MR) is 204 cm³/mol. The molecule has 0 aromatic rings. The quantitative estimate of drug-likeness (QED) is 0.0204. The molecule has 2 atom stereocenters. The molecule has 9 nitrogen and oxygen atoms in total. The molecule has 0 heterocycles. The summed E-state index contributed by atoms with van der Waals surface area (Å²) in [4.78, 5) is 37.3. The number of carbonyl (C=O) groups excluding carboxylic acids is 2. The van der Waals surface area contributed by atoms with Gasteiger partial charge in [0.2, 0.25) is 0 Å². The number of esters is 2. The Kier molecular flexibility index (Phi) is 32.7. The van der Waals surface area contributed by atoms with Crippen LogP contribution in [0.3, 0.4) is 0 Å². The van der Waals surface area contributed by atoms with E-state index < -0.39 is 26.5 Å². The lowest BCUT2D eigenvalue weighted by molar-refractivity contribution is -0.870. The number of hydrogen-bond acceptors (Lipinski definition) is 8. The first-order valence-electron chi connectivity index (χ1n) is 20.4. The molecule has 0 aliphatic heterocycles. The van der Waals surface area contributed by atoms with Crippen LogP contribution in [-0.4, -0.2) is 70.0 Å². The highest BCUT2D eigenvalue weighted by Crippen LogP contribution is 2.38. The van der Waals surface area contributed by atoms with Crippen molar-refractivity contribution in [3.63, 3.8) is 0 Å². The third kappa shape index (κ3) is 36.5. The van der Waals surface area contributed by atoms with Gasteiger partial charge in [0.1, 0.15) is 19.8 Å². The fraction of sp³-hybridized carbons (Fsp3) is 0.900. The highest BCUT2D eigenvalue weighted by molar-refractivity contribution is 7.45. The Morgan fingerprint density at radius 3 is 1.50 bits per heavy atom. The van der Waals surface area contributed by atoms with E-state index in [0.717, 1.165) is 44.9 Å². The topological polar surface area (TPSA) is 111 Å². The summed E-state index contributed by atoms with van der Waals surface area (Å²) >= 11 is 0. The maximum absolute atomic E-state index is 12.6. The summed E-state index contributed by atoms with van der Waals surface area (Å²) in [6, 6.07) is 0. The molecule has 0 fully saturated rings. The normalized spacial score (nSPS) is 13.8. The molecular formula is C40H78NO8P. The Bertz CT molecular complexity index is 876. The van der Waals surface area contributed by atoms with Crippen LogP contribution >= 0.6 is 7.82 Å². The first kappa shape index (κ1) is 48.8. The number of ether oxygens (including phenoxy) is 2. The highest BCUT2D eigenvalue weighted by atomic mass is 31.2. The molecule has 0 amide bonds. The Labute approximate surface area is 307 Å². The predicted octanol–water partition coefficient (Wildman–Crippen LogP) is 10.4. The first-order valence-corrected chi connectivity index (χ1v) is 21.9. The molecule has 0 radical (unpaired) electrons. The second kappa shape index (κ2) is 33.6. The van der Waals surface area contributed by atoms with Crippen LogP contribution in [0.1, 0.15) is 181 Å². The van der Waals surface area contributed by atoms with Gasteiger partial charge in [-0.2, -0.15) is 0 Å². The van der Waals surface area contributed by atoms with Crippen LogP contribution in [-0.2, 0) is 32.7 Å². The van der Waals surface area contributed by atoms with Crippen LogP contribution in [0.25, 0.3) is 0 Å². The molecule has 0 aromatic carbocycles. The van der Waals surface area contributed by atoms with E-state index in [1.165, 1.54) is 103 Å². The minimum Gasteiger partial charge on any atom is -0.756 e. The molecule has 1 unspecified atom stereocenters. The highest BCUT2D eigenvalue weighted by Gasteiger charge is 2.21. The largest absolute Gasteiger partial charge is 0.756 e. The fourth-order valence-electron chi connectivity index (χ4n) is 5.53. The summed E-state index contributed by atoms with van der Waals surface area (Å²) in [6.45, 7) is 4.20. The molecule has 296 valence electrons. The van der Waals surface area contributed by atoms with Gasteiger partial charge in [0, 0.05) is 12.8 Å². The van der Waals surface area contributed by atoms with Gasteiger partial charge in [-0.1, -0.05) is 142 Å². The van der Waals surface area contributed by atoms with Crippen molar-refractivity contribution in [1.29, 1.82) is 0 Å². The minimum absolute atomic E-state index is 0.0307. The zero-order valence-electron chi connectivity index (χ0n) is 33.1. The van der Waals surface area contributed by atoms with E-state index in [9.17, 15) is 19.0 Å². The monoisotopic (exact) mass is 732 g/mol. The van der Waals surface area contributed by atoms with Gasteiger partial charge in [0.25, 0.3) is 7.82 Å². The SMILES string of the molecule is CCCCCCCCCC/C=C/CCCCCC(=O)O[C@H](COC(=O)CCCCCCCCCCCCC)COP(=O)([O-])OCC[N+](C)(C)C. The van der Waals surface area contributed by atoms with Gasteiger partial charge in [-0.25, -0.2) is 0 Å². The molecule has 10 heteroatoms. The number of hydrogen-bond donors (Lipinski definition) is 0. The summed E-state index contributed by atoms with van der Waals surface area (Å²) < 4.78 is 33.8. The molecule has 0 rings (SSSR count). The molecule has 0 aliphatic rings. The zero-order chi connectivity index (χ0) is 37.2. The van der Waals surface area contributed by atoms with Crippen molar-refractivity contribution in [3.05, 3.63) is 12.2 Å². The average molecular weight is 732 g/mol. The average Bonchev–Trinajstić information content (AvgIpc) is 3.06. The number of carbonyl (C=O) groups is 2. The van der Waals surface area contributed by atoms with Gasteiger partial charge < -0.3 is 27.9 Å². The molecule has 0 aromatic heterocycles. The lowest BCUT2D eigenvalue weighted by Gasteiger charge is -2.28. The maximum atomic E-state index is 12.6. The van der Waals surface area contributed by atoms with Gasteiger partial charge in [-0.15, -0.1) is 0 Å². The zero-order valence-corrected chi connectivity index (χ0v) is 34.0. The van der Waals surface area contributed by atoms with Gasteiger partial charge in [0.05, 0.1) is 27.7 Å². The van der Waals surface area contributed by atoms with Gasteiger partial charge >= 0.3 is 11.9 Å². The Hall–Kier alpha value is -1.25. The lowest BCUT2D eigenvalue weighted by Crippen LogP contribution is -2.37. The fourth-order valence-corrected chi connectivity index (χ4v) is 6.26. The van der Waals surface area contributed by atoms with Crippen LogP contribution in [0.15, 0.2) is 12.2 Å². The van der Waals surface area contributed by atoms with Crippen LogP contribution < -0.4 is 4.89 Å². The molecule has 50 heavy (non-hydrogen) atoms. The van der Waals surface area contributed by atoms with Gasteiger partial charge in [-0.05, 0) is 38.5 Å². The number of phosphoric ester groups is 1. The molecule has 0 saturated carbocycles. The van der Waals surface area contributed by atoms with Crippen molar-refractivity contribution < 1.29 is 42.1 Å². The van der Waals surface area contributed by atoms with Crippen LogP contribution in [0.2, 0.25) is 0 Å². The molecule has 0 aliphatic carbocycles. The van der Waals surface area contributed by atoms with Crippen molar-refractivity contribution in [2.24, 2.45) is 0 Å². The van der Waals surface area contributed by atoms with Crippen molar-refractivity contribution in [1.82, 2.24) is 0 Å². The van der Waals surface area contributed by atoms with E-state index in [1.807, 2.05) is 21.1 Å². The van der Waals surface area contributed by atoms with Crippen LogP contribution in [0, 0.1) is 0 Å². The standard InChI is InChI=1S/C40H78NO8P/c1-6-8-10-12-14-16-18-19-20-21-23-25-27-29-31-33-40(43)49-38(37-48-50(44,45)47-35-34-41(3,4)5)36-46-39(42)32-30-28-26-24-22-17-15-13-11-9-7-2/h21,23,38H,6-20,22,24-37H2,1-5H3/b23-21+/t38-/m1/s1. The Morgan fingerprint density at radius 2 is 1.02 bits per heavy atom. The van der Waals surface area contributed by atoms with E-state index >= 15 is 0 Å². The summed E-state index contributed by atoms with van der Waals surface area (Å²) in [5.74, 6) is -0.848. The molecule has 0 N–H and O–H groups in total. The van der Waals surface area contributed by atoms with E-state index in [2.05, 4.69) is 26.0 Å². The first-order chi connectivity index (χ1) is 24.0. The van der Waals surface area contributed by atoms with Crippen molar-refractivity contribution >= 4 is 19.8 Å². The van der Waals surface area contributed by atoms with E-state index in [0.29, 0.717) is 17.4 Å². The molecular weight excluding hydrogens is 653 g/mol. The summed E-state index contributed by atoms with van der Waals surface area (Å²) in [6.07, 6.45) is 32.4. The molecule has 0 bridgehead atoms. The number of rotatable bonds is 37. The number of quaternary nitrogens is 1. The van der Waals surface area contributed by atoms with Gasteiger partial charge in [-0.3, -0.25) is 14.2 Å². The van der Waals surface area contributed by atoms with Crippen molar-refractivity contribution in [3.8, 4) is 0 Å². The number of unbranched alkanes of at least 4 members (excludes halogenated alkanes) is 21. The summed E-state index contributed by atoms with van der Waals surface area (Å²) in [7, 11) is 1.16. The Morgan fingerprint density at radius 1 is 0.600 bits per heavy atom. The van der Waals surface area contributed by atoms with Crippen LogP contribution in [0.4, 0.5) is 0 Å². The maximum Gasteiger partial charge on any atom is 0.306 e. The smallest absolute Gasteiger partial charge is 0.306 e. The third-order valence-electron chi connectivity index (χ3n) is 8.79. The third-order valence-corrected chi connectivity index (χ3v) is 9.75. The summed E-state index contributed by atoms with van der Waals surface area (Å²) in [5, 5.41) is 0. The second-order valence-electron chi connectivity index (χ2n) is 15.0. The molecule has 0 spiro atoms. The van der Waals surface area contributed by atoms with Crippen molar-refractivity contribution in [2.45, 2.75) is 187 Å². The second-order valence-corrected chi connectivity index (χ2v) is 16.4. The molecule has 0 saturated heterocycles. The number of allylic oxidation sites excluding steroid dienone is 2. The van der Waals surface area contributed by atoms with Gasteiger partial charge in [0.15, 0.2) is 6.10 Å². The van der Waals surface area contributed by atoms with E-state index in [1.54, 1.807) is 0 Å². The number of phosphoric acid groups is 1. The lowest BCUT2D eigenvalue weighted by atomic mass is 10.1.